The summed E-state index contributed by atoms with van der Waals surface area (Å²) in [6.45, 7) is 6.09. The fourth-order valence-electron chi connectivity index (χ4n) is 2.55. The molecule has 0 radical (unpaired) electrons. The van der Waals surface area contributed by atoms with Gasteiger partial charge >= 0.3 is 5.97 Å². The number of aliphatic carboxylic acids is 1. The molecule has 1 aliphatic rings. The van der Waals surface area contributed by atoms with Crippen molar-refractivity contribution in [2.75, 3.05) is 13.1 Å². The summed E-state index contributed by atoms with van der Waals surface area (Å²) >= 11 is 0. The van der Waals surface area contributed by atoms with Crippen molar-refractivity contribution in [3.05, 3.63) is 0 Å². The third kappa shape index (κ3) is 3.03. The van der Waals surface area contributed by atoms with Crippen LogP contribution in [0, 0.1) is 11.8 Å². The van der Waals surface area contributed by atoms with Crippen molar-refractivity contribution in [3.8, 4) is 0 Å². The first-order valence-electron chi connectivity index (χ1n) is 6.56. The molecule has 0 aromatic heterocycles. The highest BCUT2D eigenvalue weighted by atomic mass is 32.2. The molecule has 106 valence electrons. The van der Waals surface area contributed by atoms with Gasteiger partial charge in [0.2, 0.25) is 10.0 Å². The van der Waals surface area contributed by atoms with E-state index in [-0.39, 0.29) is 17.7 Å². The first-order chi connectivity index (χ1) is 8.34. The Morgan fingerprint density at radius 2 is 2.00 bits per heavy atom. The minimum Gasteiger partial charge on any atom is -0.481 e. The van der Waals surface area contributed by atoms with E-state index in [9.17, 15) is 13.2 Å². The van der Waals surface area contributed by atoms with Gasteiger partial charge in [-0.05, 0) is 18.8 Å². The Morgan fingerprint density at radius 3 is 2.39 bits per heavy atom. The summed E-state index contributed by atoms with van der Waals surface area (Å²) < 4.78 is 26.2. The number of hydrogen-bond donors (Lipinski definition) is 1. The van der Waals surface area contributed by atoms with Crippen molar-refractivity contribution in [3.63, 3.8) is 0 Å². The third-order valence-electron chi connectivity index (χ3n) is 3.74. The number of nitrogens with zero attached hydrogens (tertiary/aromatic N) is 1. The van der Waals surface area contributed by atoms with Crippen molar-refractivity contribution < 1.29 is 18.3 Å². The molecular formula is C12H23NO4S. The maximum absolute atomic E-state index is 12.4. The molecule has 0 aromatic rings. The first-order valence-corrected chi connectivity index (χ1v) is 8.06. The molecule has 1 unspecified atom stereocenters. The monoisotopic (exact) mass is 277 g/mol. The number of carboxylic acids is 1. The lowest BCUT2D eigenvalue weighted by molar-refractivity contribution is -0.142. The van der Waals surface area contributed by atoms with Crippen LogP contribution in [0.4, 0.5) is 0 Å². The van der Waals surface area contributed by atoms with Gasteiger partial charge in [0.15, 0.2) is 0 Å². The minimum atomic E-state index is -3.34. The summed E-state index contributed by atoms with van der Waals surface area (Å²) in [6.07, 6.45) is 2.05. The van der Waals surface area contributed by atoms with Crippen molar-refractivity contribution in [2.45, 2.75) is 45.3 Å². The fourth-order valence-corrected chi connectivity index (χ4v) is 4.74. The Morgan fingerprint density at radius 1 is 1.39 bits per heavy atom. The first kappa shape index (κ1) is 15.4. The largest absolute Gasteiger partial charge is 0.481 e. The van der Waals surface area contributed by atoms with Crippen LogP contribution >= 0.6 is 0 Å². The summed E-state index contributed by atoms with van der Waals surface area (Å²) in [5.74, 6) is -1.58. The molecule has 1 rings (SSSR count). The van der Waals surface area contributed by atoms with E-state index >= 15 is 0 Å². The van der Waals surface area contributed by atoms with Crippen LogP contribution in [0.15, 0.2) is 0 Å². The molecule has 18 heavy (non-hydrogen) atoms. The summed E-state index contributed by atoms with van der Waals surface area (Å²) in [5, 5.41) is 8.67. The summed E-state index contributed by atoms with van der Waals surface area (Å²) in [6, 6.07) is 0. The lowest BCUT2D eigenvalue weighted by atomic mass is 9.99. The molecule has 1 fully saturated rings. The summed E-state index contributed by atoms with van der Waals surface area (Å²) in [4.78, 5) is 11.0. The van der Waals surface area contributed by atoms with E-state index in [1.807, 2.05) is 13.8 Å². The molecule has 1 heterocycles. The van der Waals surface area contributed by atoms with Gasteiger partial charge in [-0.25, -0.2) is 12.7 Å². The summed E-state index contributed by atoms with van der Waals surface area (Å²) in [5.41, 5.74) is 0. The quantitative estimate of drug-likeness (QED) is 0.799. The van der Waals surface area contributed by atoms with Crippen molar-refractivity contribution in [1.29, 1.82) is 0 Å². The number of hydrogen-bond acceptors (Lipinski definition) is 3. The van der Waals surface area contributed by atoms with Crippen molar-refractivity contribution in [2.24, 2.45) is 11.8 Å². The SMILES string of the molecule is CCCC(CC)S(=O)(=O)N1C[C@@H](C)[C@H](C(=O)O)C1. The molecule has 1 aliphatic heterocycles. The van der Waals surface area contributed by atoms with E-state index in [1.165, 1.54) is 4.31 Å². The standard InChI is InChI=1S/C12H23NO4S/c1-4-6-10(5-2)18(16,17)13-7-9(3)11(8-13)12(14)15/h9-11H,4-8H2,1-3H3,(H,14,15)/t9-,10?,11-/m1/s1. The van der Waals surface area contributed by atoms with Crippen LogP contribution in [0.5, 0.6) is 0 Å². The van der Waals surface area contributed by atoms with Gasteiger partial charge in [-0.1, -0.05) is 27.2 Å². The molecule has 5 nitrogen and oxygen atoms in total. The molecule has 0 bridgehead atoms. The van der Waals surface area contributed by atoms with Gasteiger partial charge < -0.3 is 5.11 Å². The van der Waals surface area contributed by atoms with Gasteiger partial charge in [-0.2, -0.15) is 0 Å². The fraction of sp³-hybridized carbons (Fsp3) is 0.917. The maximum Gasteiger partial charge on any atom is 0.308 e. The molecule has 0 aliphatic carbocycles. The zero-order valence-corrected chi connectivity index (χ0v) is 12.1. The van der Waals surface area contributed by atoms with Crippen molar-refractivity contribution in [1.82, 2.24) is 4.31 Å². The Balaban J connectivity index is 2.85. The van der Waals surface area contributed by atoms with Gasteiger partial charge in [0.05, 0.1) is 11.2 Å². The number of carbonyl (C=O) groups is 1. The van der Waals surface area contributed by atoms with Gasteiger partial charge in [-0.15, -0.1) is 0 Å². The van der Waals surface area contributed by atoms with E-state index < -0.39 is 21.9 Å². The van der Waals surface area contributed by atoms with Gasteiger partial charge in [0, 0.05) is 13.1 Å². The lowest BCUT2D eigenvalue weighted by Gasteiger charge is -2.23. The van der Waals surface area contributed by atoms with Gasteiger partial charge in [0.25, 0.3) is 0 Å². The maximum atomic E-state index is 12.4. The molecule has 1 N–H and O–H groups in total. The highest BCUT2D eigenvalue weighted by Gasteiger charge is 2.42. The van der Waals surface area contributed by atoms with E-state index in [2.05, 4.69) is 0 Å². The zero-order chi connectivity index (χ0) is 13.9. The predicted octanol–water partition coefficient (Wildman–Crippen LogP) is 1.55. The zero-order valence-electron chi connectivity index (χ0n) is 11.3. The Labute approximate surface area is 109 Å². The van der Waals surface area contributed by atoms with Crippen LogP contribution in [0.1, 0.15) is 40.0 Å². The Kier molecular flexibility index (Phi) is 5.16. The molecule has 0 aromatic carbocycles. The number of sulfonamides is 1. The highest BCUT2D eigenvalue weighted by molar-refractivity contribution is 7.89. The molecule has 0 amide bonds. The average molecular weight is 277 g/mol. The van der Waals surface area contributed by atoms with Gasteiger partial charge in [-0.3, -0.25) is 4.79 Å². The molecule has 3 atom stereocenters. The van der Waals surface area contributed by atoms with E-state index in [1.54, 1.807) is 6.92 Å². The second-order valence-electron chi connectivity index (χ2n) is 5.10. The third-order valence-corrected chi connectivity index (χ3v) is 6.17. The van der Waals surface area contributed by atoms with Crippen molar-refractivity contribution >= 4 is 16.0 Å². The second-order valence-corrected chi connectivity index (χ2v) is 7.32. The molecule has 6 heteroatoms. The molecule has 1 saturated heterocycles. The average Bonchev–Trinajstić information content (AvgIpc) is 2.68. The molecular weight excluding hydrogens is 254 g/mol. The van der Waals surface area contributed by atoms with Crippen LogP contribution in [-0.4, -0.2) is 42.1 Å². The van der Waals surface area contributed by atoms with Crippen LogP contribution in [0.3, 0.4) is 0 Å². The topological polar surface area (TPSA) is 74.7 Å². The second kappa shape index (κ2) is 6.02. The Bertz CT molecular complexity index is 393. The predicted molar refractivity (Wildman–Crippen MR) is 69.8 cm³/mol. The van der Waals surface area contributed by atoms with Crippen LogP contribution < -0.4 is 0 Å². The number of carboxylic acid groups (broad SMARTS) is 1. The smallest absolute Gasteiger partial charge is 0.308 e. The van der Waals surface area contributed by atoms with Crippen LogP contribution in [-0.2, 0) is 14.8 Å². The highest BCUT2D eigenvalue weighted by Crippen LogP contribution is 2.28. The van der Waals surface area contributed by atoms with Crippen LogP contribution in [0.25, 0.3) is 0 Å². The minimum absolute atomic E-state index is 0.114. The normalized spacial score (nSPS) is 27.3. The molecule has 0 spiro atoms. The Hall–Kier alpha value is -0.620. The molecule has 0 saturated carbocycles. The van der Waals surface area contributed by atoms with E-state index in [0.717, 1.165) is 6.42 Å². The van der Waals surface area contributed by atoms with Gasteiger partial charge in [0.1, 0.15) is 0 Å². The van der Waals surface area contributed by atoms with E-state index in [4.69, 9.17) is 5.11 Å². The summed E-state index contributed by atoms with van der Waals surface area (Å²) in [7, 11) is -3.34. The van der Waals surface area contributed by atoms with Crippen LogP contribution in [0.2, 0.25) is 0 Å². The van der Waals surface area contributed by atoms with E-state index in [0.29, 0.717) is 19.4 Å². The lowest BCUT2D eigenvalue weighted by Crippen LogP contribution is -2.37. The number of rotatable bonds is 6.